The van der Waals surface area contributed by atoms with Gasteiger partial charge in [-0.25, -0.2) is 0 Å². The Kier molecular flexibility index (Phi) is 5.41. The SMILES string of the molecule is CCC(=O)N1CCN(C(=O)COc2ccc(C)cc2C)CC1. The zero-order chi connectivity index (χ0) is 16.1. The van der Waals surface area contributed by atoms with Crippen molar-refractivity contribution >= 4 is 11.8 Å². The molecule has 0 aliphatic carbocycles. The second kappa shape index (κ2) is 7.29. The Balaban J connectivity index is 1.82. The van der Waals surface area contributed by atoms with E-state index in [9.17, 15) is 9.59 Å². The number of hydrogen-bond donors (Lipinski definition) is 0. The number of piperazine rings is 1. The summed E-state index contributed by atoms with van der Waals surface area (Å²) in [5, 5.41) is 0. The molecule has 120 valence electrons. The van der Waals surface area contributed by atoms with Crippen LogP contribution in [0.5, 0.6) is 5.75 Å². The van der Waals surface area contributed by atoms with E-state index in [1.165, 1.54) is 5.56 Å². The van der Waals surface area contributed by atoms with E-state index in [2.05, 4.69) is 0 Å². The Morgan fingerprint density at radius 3 is 2.18 bits per heavy atom. The molecule has 5 nitrogen and oxygen atoms in total. The van der Waals surface area contributed by atoms with E-state index in [0.717, 1.165) is 11.3 Å². The van der Waals surface area contributed by atoms with E-state index in [1.807, 2.05) is 43.9 Å². The van der Waals surface area contributed by atoms with Crippen molar-refractivity contribution in [3.63, 3.8) is 0 Å². The molecule has 1 aromatic carbocycles. The van der Waals surface area contributed by atoms with Crippen LogP contribution in [0.25, 0.3) is 0 Å². The lowest BCUT2D eigenvalue weighted by Gasteiger charge is -2.34. The number of benzene rings is 1. The molecule has 0 aromatic heterocycles. The smallest absolute Gasteiger partial charge is 0.260 e. The van der Waals surface area contributed by atoms with Gasteiger partial charge in [-0.2, -0.15) is 0 Å². The number of carbonyl (C=O) groups is 2. The molecule has 1 aromatic rings. The molecule has 1 aliphatic heterocycles. The average Bonchev–Trinajstić information content (AvgIpc) is 2.53. The highest BCUT2D eigenvalue weighted by Crippen LogP contribution is 2.18. The second-order valence-corrected chi connectivity index (χ2v) is 5.67. The molecule has 1 saturated heterocycles. The van der Waals surface area contributed by atoms with Crippen molar-refractivity contribution in [2.24, 2.45) is 0 Å². The predicted octanol–water partition coefficient (Wildman–Crippen LogP) is 1.76. The van der Waals surface area contributed by atoms with Gasteiger partial charge in [0.15, 0.2) is 6.61 Å². The lowest BCUT2D eigenvalue weighted by atomic mass is 10.1. The second-order valence-electron chi connectivity index (χ2n) is 5.67. The molecule has 22 heavy (non-hydrogen) atoms. The topological polar surface area (TPSA) is 49.9 Å². The van der Waals surface area contributed by atoms with Crippen molar-refractivity contribution in [2.45, 2.75) is 27.2 Å². The van der Waals surface area contributed by atoms with Gasteiger partial charge in [-0.1, -0.05) is 24.6 Å². The zero-order valence-electron chi connectivity index (χ0n) is 13.6. The van der Waals surface area contributed by atoms with Crippen LogP contribution >= 0.6 is 0 Å². The van der Waals surface area contributed by atoms with Crippen molar-refractivity contribution in [3.8, 4) is 5.75 Å². The minimum Gasteiger partial charge on any atom is -0.484 e. The monoisotopic (exact) mass is 304 g/mol. The lowest BCUT2D eigenvalue weighted by Crippen LogP contribution is -2.51. The van der Waals surface area contributed by atoms with Crippen molar-refractivity contribution < 1.29 is 14.3 Å². The van der Waals surface area contributed by atoms with E-state index < -0.39 is 0 Å². The number of nitrogens with zero attached hydrogens (tertiary/aromatic N) is 2. The minimum absolute atomic E-state index is 0.0245. The fourth-order valence-corrected chi connectivity index (χ4v) is 2.62. The van der Waals surface area contributed by atoms with Crippen LogP contribution in [-0.2, 0) is 9.59 Å². The first-order chi connectivity index (χ1) is 10.5. The summed E-state index contributed by atoms with van der Waals surface area (Å²) in [6.07, 6.45) is 0.518. The quantitative estimate of drug-likeness (QED) is 0.852. The van der Waals surface area contributed by atoms with Crippen LogP contribution in [0.3, 0.4) is 0 Å². The van der Waals surface area contributed by atoms with Gasteiger partial charge in [0.05, 0.1) is 0 Å². The summed E-state index contributed by atoms with van der Waals surface area (Å²) in [5.74, 6) is 0.876. The number of ether oxygens (including phenoxy) is 1. The third-order valence-corrected chi connectivity index (χ3v) is 3.97. The average molecular weight is 304 g/mol. The summed E-state index contributed by atoms with van der Waals surface area (Å²) >= 11 is 0. The normalized spacial score (nSPS) is 14.9. The molecule has 1 aliphatic rings. The van der Waals surface area contributed by atoms with E-state index in [1.54, 1.807) is 4.90 Å². The maximum absolute atomic E-state index is 12.2. The Labute approximate surface area is 131 Å². The van der Waals surface area contributed by atoms with Crippen LogP contribution in [0, 0.1) is 13.8 Å². The maximum atomic E-state index is 12.2. The van der Waals surface area contributed by atoms with Gasteiger partial charge in [-0.05, 0) is 25.5 Å². The Bertz CT molecular complexity index is 549. The van der Waals surface area contributed by atoms with Crippen LogP contribution in [0.2, 0.25) is 0 Å². The van der Waals surface area contributed by atoms with Gasteiger partial charge < -0.3 is 14.5 Å². The first kappa shape index (κ1) is 16.3. The molecule has 1 heterocycles. The summed E-state index contributed by atoms with van der Waals surface area (Å²) in [7, 11) is 0. The van der Waals surface area contributed by atoms with Gasteiger partial charge >= 0.3 is 0 Å². The molecule has 0 spiro atoms. The van der Waals surface area contributed by atoms with Crippen molar-refractivity contribution in [3.05, 3.63) is 29.3 Å². The Morgan fingerprint density at radius 1 is 1.05 bits per heavy atom. The summed E-state index contributed by atoms with van der Waals surface area (Å²) in [6, 6.07) is 5.91. The highest BCUT2D eigenvalue weighted by molar-refractivity contribution is 5.79. The highest BCUT2D eigenvalue weighted by atomic mass is 16.5. The Morgan fingerprint density at radius 2 is 1.64 bits per heavy atom. The van der Waals surface area contributed by atoms with Crippen LogP contribution in [0.1, 0.15) is 24.5 Å². The minimum atomic E-state index is -0.0245. The van der Waals surface area contributed by atoms with Crippen LogP contribution in [0.15, 0.2) is 18.2 Å². The third-order valence-electron chi connectivity index (χ3n) is 3.97. The summed E-state index contributed by atoms with van der Waals surface area (Å²) < 4.78 is 5.63. The van der Waals surface area contributed by atoms with Crippen molar-refractivity contribution in [1.82, 2.24) is 9.80 Å². The molecule has 1 fully saturated rings. The van der Waals surface area contributed by atoms with Gasteiger partial charge in [0.25, 0.3) is 5.91 Å². The summed E-state index contributed by atoms with van der Waals surface area (Å²) in [4.78, 5) is 27.4. The number of hydrogen-bond acceptors (Lipinski definition) is 3. The van der Waals surface area contributed by atoms with Gasteiger partial charge in [-0.15, -0.1) is 0 Å². The number of amides is 2. The molecule has 0 bridgehead atoms. The predicted molar refractivity (Wildman–Crippen MR) is 84.9 cm³/mol. The highest BCUT2D eigenvalue weighted by Gasteiger charge is 2.23. The summed E-state index contributed by atoms with van der Waals surface area (Å²) in [5.41, 5.74) is 2.21. The van der Waals surface area contributed by atoms with E-state index in [4.69, 9.17) is 4.74 Å². The molecular weight excluding hydrogens is 280 g/mol. The Hall–Kier alpha value is -2.04. The van der Waals surface area contributed by atoms with Gasteiger partial charge in [-0.3, -0.25) is 9.59 Å². The van der Waals surface area contributed by atoms with Gasteiger partial charge in [0.2, 0.25) is 5.91 Å². The molecule has 0 saturated carbocycles. The number of rotatable bonds is 4. The molecule has 2 rings (SSSR count). The van der Waals surface area contributed by atoms with Crippen LogP contribution in [-0.4, -0.2) is 54.4 Å². The molecule has 0 unspecified atom stereocenters. The van der Waals surface area contributed by atoms with E-state index >= 15 is 0 Å². The van der Waals surface area contributed by atoms with E-state index in [-0.39, 0.29) is 18.4 Å². The van der Waals surface area contributed by atoms with Crippen LogP contribution in [0.4, 0.5) is 0 Å². The maximum Gasteiger partial charge on any atom is 0.260 e. The van der Waals surface area contributed by atoms with Crippen molar-refractivity contribution in [1.29, 1.82) is 0 Å². The van der Waals surface area contributed by atoms with Gasteiger partial charge in [0, 0.05) is 32.6 Å². The zero-order valence-corrected chi connectivity index (χ0v) is 13.6. The molecule has 0 atom stereocenters. The first-order valence-corrected chi connectivity index (χ1v) is 7.77. The molecule has 0 N–H and O–H groups in total. The molecule has 0 radical (unpaired) electrons. The van der Waals surface area contributed by atoms with Crippen molar-refractivity contribution in [2.75, 3.05) is 32.8 Å². The fourth-order valence-electron chi connectivity index (χ4n) is 2.62. The molecular formula is C17H24N2O3. The van der Waals surface area contributed by atoms with Crippen LogP contribution < -0.4 is 4.74 Å². The molecule has 2 amide bonds. The number of aryl methyl sites for hydroxylation is 2. The van der Waals surface area contributed by atoms with Gasteiger partial charge in [0.1, 0.15) is 5.75 Å². The third kappa shape index (κ3) is 4.00. The lowest BCUT2D eigenvalue weighted by molar-refractivity contribution is -0.140. The first-order valence-electron chi connectivity index (χ1n) is 7.77. The fraction of sp³-hybridized carbons (Fsp3) is 0.529. The standard InChI is InChI=1S/C17H24N2O3/c1-4-16(20)18-7-9-19(10-8-18)17(21)12-22-15-6-5-13(2)11-14(15)3/h5-6,11H,4,7-10,12H2,1-3H3. The number of carbonyl (C=O) groups excluding carboxylic acids is 2. The largest absolute Gasteiger partial charge is 0.484 e. The summed E-state index contributed by atoms with van der Waals surface area (Å²) in [6.45, 7) is 8.30. The van der Waals surface area contributed by atoms with E-state index in [0.29, 0.717) is 32.6 Å². The molecule has 5 heteroatoms.